The highest BCUT2D eigenvalue weighted by Crippen LogP contribution is 2.37. The molecule has 1 aromatic carbocycles. The summed E-state index contributed by atoms with van der Waals surface area (Å²) in [4.78, 5) is 4.55. The van der Waals surface area contributed by atoms with Crippen LogP contribution in [0, 0.1) is 0 Å². The van der Waals surface area contributed by atoms with E-state index in [4.69, 9.17) is 4.74 Å². The number of rotatable bonds is 0. The van der Waals surface area contributed by atoms with E-state index < -0.39 is 0 Å². The molecule has 0 unspecified atom stereocenters. The predicted octanol–water partition coefficient (Wildman–Crippen LogP) is 2.49. The highest BCUT2D eigenvalue weighted by molar-refractivity contribution is 5.75. The second-order valence-electron chi connectivity index (χ2n) is 3.99. The number of nitrogens with zero attached hydrogens (tertiary/aromatic N) is 1. The van der Waals surface area contributed by atoms with Crippen LogP contribution in [-0.2, 0) is 11.2 Å². The lowest BCUT2D eigenvalue weighted by atomic mass is 9.86. The van der Waals surface area contributed by atoms with Gasteiger partial charge in [0, 0.05) is 6.92 Å². The molecule has 2 nitrogen and oxygen atoms in total. The van der Waals surface area contributed by atoms with Gasteiger partial charge in [-0.3, -0.25) is 0 Å². The predicted molar refractivity (Wildman–Crippen MR) is 55.5 cm³/mol. The van der Waals surface area contributed by atoms with Crippen molar-refractivity contribution in [2.45, 2.75) is 31.9 Å². The smallest absolute Gasteiger partial charge is 0.181 e. The minimum Gasteiger partial charge on any atom is -0.475 e. The molecule has 0 N–H and O–H groups in total. The molecule has 14 heavy (non-hydrogen) atoms. The standard InChI is InChI=1S/C12H13NO/c1-8-13-12-10-5-3-2-4-9(10)6-7-11(12)14-8/h2-5,11-12H,6-7H2,1H3/t11-,12+/m1/s1. The zero-order valence-electron chi connectivity index (χ0n) is 8.23. The van der Waals surface area contributed by atoms with E-state index >= 15 is 0 Å². The SMILES string of the molecule is CC1=N[C@H]2c3ccccc3CC[C@H]2O1. The summed E-state index contributed by atoms with van der Waals surface area (Å²) in [5.74, 6) is 0.844. The van der Waals surface area contributed by atoms with Gasteiger partial charge in [0.15, 0.2) is 5.90 Å². The third-order valence-corrected chi connectivity index (χ3v) is 3.07. The van der Waals surface area contributed by atoms with E-state index in [1.165, 1.54) is 11.1 Å². The molecule has 0 saturated heterocycles. The lowest BCUT2D eigenvalue weighted by Crippen LogP contribution is -2.22. The van der Waals surface area contributed by atoms with Gasteiger partial charge in [-0.1, -0.05) is 24.3 Å². The summed E-state index contributed by atoms with van der Waals surface area (Å²) in [5.41, 5.74) is 2.80. The lowest BCUT2D eigenvalue weighted by molar-refractivity contribution is 0.173. The first-order chi connectivity index (χ1) is 6.84. The summed E-state index contributed by atoms with van der Waals surface area (Å²) in [6, 6.07) is 8.84. The van der Waals surface area contributed by atoms with Gasteiger partial charge < -0.3 is 4.74 Å². The Hall–Kier alpha value is -1.31. The monoisotopic (exact) mass is 187 g/mol. The molecule has 1 aliphatic carbocycles. The fraction of sp³-hybridized carbons (Fsp3) is 0.417. The first-order valence-electron chi connectivity index (χ1n) is 5.13. The summed E-state index contributed by atoms with van der Waals surface area (Å²) < 4.78 is 5.67. The van der Waals surface area contributed by atoms with E-state index in [1.807, 2.05) is 6.92 Å². The average molecular weight is 187 g/mol. The molecule has 0 radical (unpaired) electrons. The van der Waals surface area contributed by atoms with Gasteiger partial charge in [-0.05, 0) is 24.0 Å². The van der Waals surface area contributed by atoms with Crippen LogP contribution in [-0.4, -0.2) is 12.0 Å². The number of ether oxygens (including phenoxy) is 1. The largest absolute Gasteiger partial charge is 0.475 e. The van der Waals surface area contributed by atoms with E-state index in [0.717, 1.165) is 18.7 Å². The maximum absolute atomic E-state index is 5.67. The van der Waals surface area contributed by atoms with E-state index in [9.17, 15) is 0 Å². The Labute approximate surface area is 83.6 Å². The molecule has 0 spiro atoms. The van der Waals surface area contributed by atoms with E-state index in [-0.39, 0.29) is 6.04 Å². The molecule has 2 heteroatoms. The summed E-state index contributed by atoms with van der Waals surface area (Å²) in [6.45, 7) is 1.95. The molecule has 1 aromatic rings. The van der Waals surface area contributed by atoms with Gasteiger partial charge in [-0.15, -0.1) is 0 Å². The minimum absolute atomic E-state index is 0.264. The first kappa shape index (κ1) is 8.04. The Morgan fingerprint density at radius 3 is 3.14 bits per heavy atom. The van der Waals surface area contributed by atoms with Crippen molar-refractivity contribution >= 4 is 5.90 Å². The summed E-state index contributed by atoms with van der Waals surface area (Å²) in [7, 11) is 0. The Balaban J connectivity index is 2.08. The molecular formula is C12H13NO. The van der Waals surface area contributed by atoms with Crippen LogP contribution < -0.4 is 0 Å². The van der Waals surface area contributed by atoms with Gasteiger partial charge in [0.2, 0.25) is 0 Å². The van der Waals surface area contributed by atoms with Crippen LogP contribution in [0.15, 0.2) is 29.3 Å². The summed E-state index contributed by atoms with van der Waals surface area (Å²) in [5, 5.41) is 0. The molecule has 1 aliphatic heterocycles. The van der Waals surface area contributed by atoms with Gasteiger partial charge in [-0.25, -0.2) is 4.99 Å². The van der Waals surface area contributed by atoms with Crippen molar-refractivity contribution in [1.29, 1.82) is 0 Å². The van der Waals surface area contributed by atoms with Crippen LogP contribution >= 0.6 is 0 Å². The highest BCUT2D eigenvalue weighted by atomic mass is 16.5. The molecule has 2 atom stereocenters. The Kier molecular flexibility index (Phi) is 1.63. The third kappa shape index (κ3) is 1.07. The lowest BCUT2D eigenvalue weighted by Gasteiger charge is -2.25. The molecular weight excluding hydrogens is 174 g/mol. The topological polar surface area (TPSA) is 21.6 Å². The highest BCUT2D eigenvalue weighted by Gasteiger charge is 2.34. The fourth-order valence-electron chi connectivity index (χ4n) is 2.43. The summed E-state index contributed by atoms with van der Waals surface area (Å²) in [6.07, 6.45) is 2.52. The van der Waals surface area contributed by atoms with Crippen LogP contribution in [0.3, 0.4) is 0 Å². The van der Waals surface area contributed by atoms with Crippen LogP contribution in [0.2, 0.25) is 0 Å². The van der Waals surface area contributed by atoms with Crippen molar-refractivity contribution in [3.8, 4) is 0 Å². The van der Waals surface area contributed by atoms with Crippen molar-refractivity contribution in [2.75, 3.05) is 0 Å². The van der Waals surface area contributed by atoms with Crippen LogP contribution in [0.5, 0.6) is 0 Å². The Bertz CT molecular complexity index is 397. The second-order valence-corrected chi connectivity index (χ2v) is 3.99. The quantitative estimate of drug-likeness (QED) is 0.611. The molecule has 2 aliphatic rings. The Morgan fingerprint density at radius 2 is 2.21 bits per heavy atom. The number of fused-ring (bicyclic) bond motifs is 3. The van der Waals surface area contributed by atoms with E-state index in [2.05, 4.69) is 29.3 Å². The Morgan fingerprint density at radius 1 is 1.36 bits per heavy atom. The van der Waals surface area contributed by atoms with Crippen molar-refractivity contribution in [3.05, 3.63) is 35.4 Å². The fourth-order valence-corrected chi connectivity index (χ4v) is 2.43. The number of aryl methyl sites for hydroxylation is 1. The molecule has 0 bridgehead atoms. The maximum Gasteiger partial charge on any atom is 0.181 e. The molecule has 0 amide bonds. The summed E-state index contributed by atoms with van der Waals surface area (Å²) >= 11 is 0. The van der Waals surface area contributed by atoms with Crippen molar-refractivity contribution in [1.82, 2.24) is 0 Å². The van der Waals surface area contributed by atoms with Crippen LogP contribution in [0.4, 0.5) is 0 Å². The number of aliphatic imine (C=N–C) groups is 1. The second kappa shape index (κ2) is 2.84. The van der Waals surface area contributed by atoms with Crippen molar-refractivity contribution < 1.29 is 4.74 Å². The normalized spacial score (nSPS) is 28.8. The number of benzene rings is 1. The van der Waals surface area contributed by atoms with Gasteiger partial charge in [0.25, 0.3) is 0 Å². The van der Waals surface area contributed by atoms with Crippen molar-refractivity contribution in [2.24, 2.45) is 4.99 Å². The zero-order valence-corrected chi connectivity index (χ0v) is 8.23. The third-order valence-electron chi connectivity index (χ3n) is 3.07. The average Bonchev–Trinajstić information content (AvgIpc) is 2.59. The molecule has 1 heterocycles. The number of hydrogen-bond acceptors (Lipinski definition) is 2. The van der Waals surface area contributed by atoms with E-state index in [1.54, 1.807) is 0 Å². The minimum atomic E-state index is 0.264. The maximum atomic E-state index is 5.67. The van der Waals surface area contributed by atoms with Crippen molar-refractivity contribution in [3.63, 3.8) is 0 Å². The molecule has 0 aromatic heterocycles. The van der Waals surface area contributed by atoms with Gasteiger partial charge in [-0.2, -0.15) is 0 Å². The van der Waals surface area contributed by atoms with E-state index in [0.29, 0.717) is 6.10 Å². The zero-order chi connectivity index (χ0) is 9.54. The molecule has 0 saturated carbocycles. The molecule has 3 rings (SSSR count). The molecule has 72 valence electrons. The van der Waals surface area contributed by atoms with Gasteiger partial charge in [0.05, 0.1) is 0 Å². The van der Waals surface area contributed by atoms with Gasteiger partial charge >= 0.3 is 0 Å². The first-order valence-corrected chi connectivity index (χ1v) is 5.13. The van der Waals surface area contributed by atoms with Crippen LogP contribution in [0.25, 0.3) is 0 Å². The van der Waals surface area contributed by atoms with Gasteiger partial charge in [0.1, 0.15) is 12.1 Å². The van der Waals surface area contributed by atoms with Crippen LogP contribution in [0.1, 0.15) is 30.5 Å². The number of hydrogen-bond donors (Lipinski definition) is 0. The molecule has 0 fully saturated rings.